The van der Waals surface area contributed by atoms with Gasteiger partial charge in [-0.15, -0.1) is 0 Å². The maximum Gasteiger partial charge on any atom is 0.0583 e. The summed E-state index contributed by atoms with van der Waals surface area (Å²) in [6.07, 6.45) is 5.51. The first-order chi connectivity index (χ1) is 12.8. The zero-order valence-electron chi connectivity index (χ0n) is 15.3. The third-order valence-corrected chi connectivity index (χ3v) is 5.24. The molecule has 0 fully saturated rings. The topological polar surface area (TPSA) is 4.93 Å². The van der Waals surface area contributed by atoms with Crippen molar-refractivity contribution in [3.05, 3.63) is 108 Å². The van der Waals surface area contributed by atoms with E-state index in [0.29, 0.717) is 6.04 Å². The van der Waals surface area contributed by atoms with Gasteiger partial charge in [-0.1, -0.05) is 73.7 Å². The lowest BCUT2D eigenvalue weighted by Gasteiger charge is -2.19. The number of hydrogen-bond acceptors (Lipinski definition) is 0. The summed E-state index contributed by atoms with van der Waals surface area (Å²) in [5.74, 6) is 0. The Kier molecular flexibility index (Phi) is 4.88. The molecule has 4 rings (SSSR count). The van der Waals surface area contributed by atoms with Crippen molar-refractivity contribution in [3.63, 3.8) is 0 Å². The van der Waals surface area contributed by atoms with Crippen LogP contribution in [0.2, 0.25) is 0 Å². The molecule has 0 bridgehead atoms. The van der Waals surface area contributed by atoms with Gasteiger partial charge >= 0.3 is 0 Å². The number of hydrogen-bond donors (Lipinski definition) is 0. The molecule has 4 aromatic rings. The second-order valence-corrected chi connectivity index (χ2v) is 6.94. The zero-order chi connectivity index (χ0) is 17.8. The average Bonchev–Trinajstić information content (AvgIpc) is 3.12. The summed E-state index contributed by atoms with van der Waals surface area (Å²) in [6.45, 7) is 2.26. The molecular weight excluding hydrogens is 314 g/mol. The second kappa shape index (κ2) is 7.61. The molecule has 1 nitrogen and oxygen atoms in total. The van der Waals surface area contributed by atoms with Gasteiger partial charge in [0.1, 0.15) is 0 Å². The fraction of sp³-hybridized carbons (Fsp3) is 0.200. The van der Waals surface area contributed by atoms with Crippen LogP contribution in [0.25, 0.3) is 10.9 Å². The summed E-state index contributed by atoms with van der Waals surface area (Å²) in [6, 6.07) is 31.1. The minimum atomic E-state index is 0.392. The van der Waals surface area contributed by atoms with Crippen LogP contribution in [0.5, 0.6) is 0 Å². The normalized spacial score (nSPS) is 12.3. The number of nitrogens with zero attached hydrogens (tertiary/aromatic N) is 1. The second-order valence-electron chi connectivity index (χ2n) is 6.94. The first-order valence-electron chi connectivity index (χ1n) is 9.53. The lowest BCUT2D eigenvalue weighted by Crippen LogP contribution is -2.08. The molecule has 1 atom stereocenters. The SMILES string of the molecule is CC[C@@H](c1ccccc1)n1ccc2cc(CCc3ccccc3)ccc21. The van der Waals surface area contributed by atoms with Crippen LogP contribution in [0.15, 0.2) is 91.1 Å². The van der Waals surface area contributed by atoms with E-state index >= 15 is 0 Å². The number of fused-ring (bicyclic) bond motifs is 1. The molecule has 0 aliphatic rings. The van der Waals surface area contributed by atoms with Crippen molar-refractivity contribution in [1.29, 1.82) is 0 Å². The highest BCUT2D eigenvalue weighted by Crippen LogP contribution is 2.28. The Morgan fingerprint density at radius 2 is 1.42 bits per heavy atom. The maximum atomic E-state index is 2.42. The van der Waals surface area contributed by atoms with E-state index in [1.165, 1.54) is 27.6 Å². The lowest BCUT2D eigenvalue weighted by atomic mass is 10.0. The summed E-state index contributed by atoms with van der Waals surface area (Å²) in [4.78, 5) is 0. The minimum Gasteiger partial charge on any atom is -0.340 e. The molecule has 0 radical (unpaired) electrons. The molecular formula is C25H25N. The maximum absolute atomic E-state index is 2.42. The Balaban J connectivity index is 1.59. The molecule has 0 saturated heterocycles. The van der Waals surface area contributed by atoms with E-state index in [4.69, 9.17) is 0 Å². The fourth-order valence-electron chi connectivity index (χ4n) is 3.84. The van der Waals surface area contributed by atoms with E-state index in [2.05, 4.69) is 103 Å². The standard InChI is InChI=1S/C25H25N/c1-2-24(22-11-7-4-8-12-22)26-18-17-23-19-21(15-16-25(23)26)14-13-20-9-5-3-6-10-20/h3-12,15-19,24H,2,13-14H2,1H3/t24-/m0/s1. The van der Waals surface area contributed by atoms with E-state index in [1.54, 1.807) is 0 Å². The Bertz CT molecular complexity index is 967. The molecule has 1 heterocycles. The van der Waals surface area contributed by atoms with E-state index in [9.17, 15) is 0 Å². The van der Waals surface area contributed by atoms with Crippen molar-refractivity contribution in [3.8, 4) is 0 Å². The molecule has 0 unspecified atom stereocenters. The largest absolute Gasteiger partial charge is 0.340 e. The Labute approximate surface area is 155 Å². The quantitative estimate of drug-likeness (QED) is 0.382. The van der Waals surface area contributed by atoms with E-state index in [0.717, 1.165) is 19.3 Å². The Hall–Kier alpha value is -2.80. The Morgan fingerprint density at radius 3 is 2.15 bits per heavy atom. The van der Waals surface area contributed by atoms with Crippen LogP contribution in [0.3, 0.4) is 0 Å². The molecule has 0 aliphatic heterocycles. The molecule has 3 aromatic carbocycles. The van der Waals surface area contributed by atoms with Crippen molar-refractivity contribution in [2.45, 2.75) is 32.2 Å². The van der Waals surface area contributed by atoms with Crippen molar-refractivity contribution >= 4 is 10.9 Å². The van der Waals surface area contributed by atoms with Crippen LogP contribution in [0.1, 0.15) is 36.1 Å². The molecule has 1 heteroatoms. The van der Waals surface area contributed by atoms with Gasteiger partial charge in [0.15, 0.2) is 0 Å². The van der Waals surface area contributed by atoms with Crippen LogP contribution >= 0.6 is 0 Å². The van der Waals surface area contributed by atoms with Crippen LogP contribution < -0.4 is 0 Å². The van der Waals surface area contributed by atoms with Crippen LogP contribution in [0.4, 0.5) is 0 Å². The molecule has 1 aromatic heterocycles. The first-order valence-corrected chi connectivity index (χ1v) is 9.53. The highest BCUT2D eigenvalue weighted by Gasteiger charge is 2.13. The van der Waals surface area contributed by atoms with E-state index in [1.807, 2.05) is 0 Å². The van der Waals surface area contributed by atoms with Gasteiger partial charge in [0.25, 0.3) is 0 Å². The molecule has 0 saturated carbocycles. The molecule has 0 amide bonds. The predicted molar refractivity (Wildman–Crippen MR) is 111 cm³/mol. The lowest BCUT2D eigenvalue weighted by molar-refractivity contribution is 0.585. The van der Waals surface area contributed by atoms with E-state index < -0.39 is 0 Å². The van der Waals surface area contributed by atoms with E-state index in [-0.39, 0.29) is 0 Å². The van der Waals surface area contributed by atoms with Gasteiger partial charge in [-0.3, -0.25) is 0 Å². The summed E-state index contributed by atoms with van der Waals surface area (Å²) in [5, 5.41) is 1.34. The van der Waals surface area contributed by atoms with Crippen molar-refractivity contribution in [2.75, 3.05) is 0 Å². The fourth-order valence-corrected chi connectivity index (χ4v) is 3.84. The summed E-state index contributed by atoms with van der Waals surface area (Å²) >= 11 is 0. The number of aromatic nitrogens is 1. The summed E-state index contributed by atoms with van der Waals surface area (Å²) < 4.78 is 2.42. The minimum absolute atomic E-state index is 0.392. The molecule has 0 N–H and O–H groups in total. The van der Waals surface area contributed by atoms with Gasteiger partial charge in [-0.2, -0.15) is 0 Å². The average molecular weight is 339 g/mol. The monoisotopic (exact) mass is 339 g/mol. The third-order valence-electron chi connectivity index (χ3n) is 5.24. The first kappa shape index (κ1) is 16.7. The Morgan fingerprint density at radius 1 is 0.731 bits per heavy atom. The van der Waals surface area contributed by atoms with Crippen molar-refractivity contribution < 1.29 is 0 Å². The van der Waals surface area contributed by atoms with Gasteiger partial charge in [-0.05, 0) is 59.5 Å². The smallest absolute Gasteiger partial charge is 0.0583 e. The molecule has 0 spiro atoms. The molecule has 0 aliphatic carbocycles. The predicted octanol–water partition coefficient (Wildman–Crippen LogP) is 6.43. The van der Waals surface area contributed by atoms with Gasteiger partial charge in [-0.25, -0.2) is 0 Å². The molecule has 130 valence electrons. The third kappa shape index (κ3) is 3.43. The number of aryl methyl sites for hydroxylation is 2. The van der Waals surface area contributed by atoms with Gasteiger partial charge < -0.3 is 4.57 Å². The molecule has 26 heavy (non-hydrogen) atoms. The van der Waals surface area contributed by atoms with Crippen LogP contribution in [0, 0.1) is 0 Å². The van der Waals surface area contributed by atoms with Crippen LogP contribution in [-0.2, 0) is 12.8 Å². The van der Waals surface area contributed by atoms with Crippen molar-refractivity contribution in [2.24, 2.45) is 0 Å². The highest BCUT2D eigenvalue weighted by atomic mass is 15.0. The number of rotatable bonds is 6. The van der Waals surface area contributed by atoms with Gasteiger partial charge in [0.05, 0.1) is 6.04 Å². The highest BCUT2D eigenvalue weighted by molar-refractivity contribution is 5.81. The number of benzene rings is 3. The summed E-state index contributed by atoms with van der Waals surface area (Å²) in [5.41, 5.74) is 5.51. The van der Waals surface area contributed by atoms with Crippen LogP contribution in [-0.4, -0.2) is 4.57 Å². The van der Waals surface area contributed by atoms with Crippen molar-refractivity contribution in [1.82, 2.24) is 4.57 Å². The van der Waals surface area contributed by atoms with Gasteiger partial charge in [0, 0.05) is 11.7 Å². The van der Waals surface area contributed by atoms with Gasteiger partial charge in [0.2, 0.25) is 0 Å². The summed E-state index contributed by atoms with van der Waals surface area (Å²) in [7, 11) is 0. The zero-order valence-corrected chi connectivity index (χ0v) is 15.3.